The summed E-state index contributed by atoms with van der Waals surface area (Å²) < 4.78 is 11.2. The molecule has 0 N–H and O–H groups in total. The van der Waals surface area contributed by atoms with E-state index in [1.165, 1.54) is 5.57 Å². The molecule has 0 heterocycles. The highest BCUT2D eigenvalue weighted by Gasteiger charge is 2.40. The van der Waals surface area contributed by atoms with Crippen molar-refractivity contribution < 1.29 is 8.85 Å². The average Bonchev–Trinajstić information content (AvgIpc) is 2.72. The van der Waals surface area contributed by atoms with Crippen LogP contribution < -0.4 is 0 Å². The van der Waals surface area contributed by atoms with Crippen LogP contribution in [0.5, 0.6) is 0 Å². The summed E-state index contributed by atoms with van der Waals surface area (Å²) in [5.41, 5.74) is 1.94. The van der Waals surface area contributed by atoms with Crippen molar-refractivity contribution in [3.63, 3.8) is 0 Å². The Morgan fingerprint density at radius 2 is 2.07 bits per heavy atom. The smallest absolute Gasteiger partial charge is 0.341 e. The summed E-state index contributed by atoms with van der Waals surface area (Å²) in [6.45, 7) is 4.34. The highest BCUT2D eigenvalue weighted by Crippen LogP contribution is 2.37. The summed E-state index contributed by atoms with van der Waals surface area (Å²) >= 11 is 0. The molecule has 80 valence electrons. The summed E-state index contributed by atoms with van der Waals surface area (Å²) in [5.74, 6) is 0. The maximum atomic E-state index is 5.60. The fourth-order valence-electron chi connectivity index (χ4n) is 2.06. The lowest BCUT2D eigenvalue weighted by Gasteiger charge is -2.32. The second-order valence-electron chi connectivity index (χ2n) is 3.76. The minimum Gasteiger partial charge on any atom is -0.397 e. The van der Waals surface area contributed by atoms with E-state index in [0.717, 1.165) is 12.8 Å². The highest BCUT2D eigenvalue weighted by atomic mass is 28.4. The molecule has 3 heteroatoms. The monoisotopic (exact) mass is 212 g/mol. The molecule has 0 aromatic carbocycles. The molecule has 0 spiro atoms. The van der Waals surface area contributed by atoms with Gasteiger partial charge in [0.2, 0.25) is 0 Å². The van der Waals surface area contributed by atoms with Gasteiger partial charge in [-0.3, -0.25) is 0 Å². The fraction of sp³-hybridized carbons (Fsp3) is 0.636. The van der Waals surface area contributed by atoms with Gasteiger partial charge in [-0.25, -0.2) is 0 Å². The molecule has 0 bridgehead atoms. The Morgan fingerprint density at radius 1 is 1.43 bits per heavy atom. The number of hydrogen-bond donors (Lipinski definition) is 0. The third kappa shape index (κ3) is 2.16. The van der Waals surface area contributed by atoms with Crippen LogP contribution in [-0.2, 0) is 8.85 Å². The standard InChI is InChI=1S/C11H20O2Si/c1-5-11(10-8-6-7-9-10)14(4,12-2)13-3/h6-8,11H,5,9H2,1-4H3. The van der Waals surface area contributed by atoms with Gasteiger partial charge in [0.25, 0.3) is 0 Å². The fourth-order valence-corrected chi connectivity index (χ4v) is 4.42. The van der Waals surface area contributed by atoms with Crippen LogP contribution in [0.1, 0.15) is 19.8 Å². The molecule has 0 saturated carbocycles. The minimum absolute atomic E-state index is 0.479. The Balaban J connectivity index is 2.79. The molecule has 2 nitrogen and oxygen atoms in total. The van der Waals surface area contributed by atoms with Crippen molar-refractivity contribution in [3.8, 4) is 0 Å². The molecule has 0 radical (unpaired) electrons. The molecule has 0 amide bonds. The van der Waals surface area contributed by atoms with E-state index in [9.17, 15) is 0 Å². The Bertz CT molecular complexity index is 242. The second kappa shape index (κ2) is 4.91. The Hall–Kier alpha value is -0.383. The van der Waals surface area contributed by atoms with Crippen LogP contribution in [0.2, 0.25) is 12.1 Å². The third-order valence-corrected chi connectivity index (χ3v) is 6.77. The van der Waals surface area contributed by atoms with Crippen molar-refractivity contribution in [2.75, 3.05) is 14.2 Å². The largest absolute Gasteiger partial charge is 0.397 e. The summed E-state index contributed by atoms with van der Waals surface area (Å²) in [6.07, 6.45) is 8.68. The van der Waals surface area contributed by atoms with E-state index in [1.54, 1.807) is 14.2 Å². The van der Waals surface area contributed by atoms with Gasteiger partial charge in [-0.1, -0.05) is 30.7 Å². The van der Waals surface area contributed by atoms with Crippen LogP contribution in [0.3, 0.4) is 0 Å². The normalized spacial score (nSPS) is 18.4. The molecule has 0 saturated heterocycles. The van der Waals surface area contributed by atoms with Crippen LogP contribution in [0.15, 0.2) is 23.8 Å². The van der Waals surface area contributed by atoms with E-state index in [2.05, 4.69) is 31.7 Å². The molecule has 1 aliphatic carbocycles. The lowest BCUT2D eigenvalue weighted by atomic mass is 10.1. The Morgan fingerprint density at radius 3 is 2.43 bits per heavy atom. The van der Waals surface area contributed by atoms with E-state index < -0.39 is 8.56 Å². The van der Waals surface area contributed by atoms with E-state index in [0.29, 0.717) is 5.54 Å². The third-order valence-electron chi connectivity index (χ3n) is 3.10. The van der Waals surface area contributed by atoms with Crippen molar-refractivity contribution in [2.24, 2.45) is 0 Å². The first-order valence-corrected chi connectivity index (χ1v) is 7.53. The molecule has 1 atom stereocenters. The van der Waals surface area contributed by atoms with Crippen LogP contribution in [0.4, 0.5) is 0 Å². The quantitative estimate of drug-likeness (QED) is 0.652. The first-order valence-electron chi connectivity index (χ1n) is 5.13. The van der Waals surface area contributed by atoms with E-state index in [1.807, 2.05) is 0 Å². The van der Waals surface area contributed by atoms with Crippen LogP contribution in [0, 0.1) is 0 Å². The zero-order valence-electron chi connectivity index (χ0n) is 9.54. The molecule has 14 heavy (non-hydrogen) atoms. The molecule has 0 aromatic heterocycles. The van der Waals surface area contributed by atoms with Crippen molar-refractivity contribution in [2.45, 2.75) is 31.9 Å². The van der Waals surface area contributed by atoms with Gasteiger partial charge >= 0.3 is 8.56 Å². The Kier molecular flexibility index (Phi) is 4.10. The maximum absolute atomic E-state index is 5.60. The van der Waals surface area contributed by atoms with Gasteiger partial charge in [0.05, 0.1) is 0 Å². The highest BCUT2D eigenvalue weighted by molar-refractivity contribution is 6.68. The lowest BCUT2D eigenvalue weighted by molar-refractivity contribution is 0.239. The van der Waals surface area contributed by atoms with E-state index in [4.69, 9.17) is 8.85 Å². The van der Waals surface area contributed by atoms with Crippen molar-refractivity contribution >= 4 is 8.56 Å². The molecule has 0 aromatic rings. The van der Waals surface area contributed by atoms with Crippen molar-refractivity contribution in [1.82, 2.24) is 0 Å². The molecule has 1 unspecified atom stereocenters. The first-order chi connectivity index (χ1) is 6.68. The zero-order chi connectivity index (χ0) is 10.6. The zero-order valence-corrected chi connectivity index (χ0v) is 10.5. The number of rotatable bonds is 5. The van der Waals surface area contributed by atoms with Gasteiger partial charge < -0.3 is 8.85 Å². The average molecular weight is 212 g/mol. The van der Waals surface area contributed by atoms with Crippen molar-refractivity contribution in [1.29, 1.82) is 0 Å². The van der Waals surface area contributed by atoms with Crippen LogP contribution in [0.25, 0.3) is 0 Å². The molecule has 0 fully saturated rings. The summed E-state index contributed by atoms with van der Waals surface area (Å²) in [7, 11) is 1.53. The maximum Gasteiger partial charge on any atom is 0.341 e. The van der Waals surface area contributed by atoms with E-state index >= 15 is 0 Å². The predicted molar refractivity (Wildman–Crippen MR) is 61.5 cm³/mol. The minimum atomic E-state index is -2.00. The van der Waals surface area contributed by atoms with E-state index in [-0.39, 0.29) is 0 Å². The predicted octanol–water partition coefficient (Wildman–Crippen LogP) is 3.02. The second-order valence-corrected chi connectivity index (χ2v) is 7.30. The molecule has 1 aliphatic rings. The molecular weight excluding hydrogens is 192 g/mol. The first kappa shape index (κ1) is 11.7. The molecule has 0 aliphatic heterocycles. The number of allylic oxidation sites excluding steroid dienone is 4. The summed E-state index contributed by atoms with van der Waals surface area (Å²) in [5, 5.41) is 0. The number of hydrogen-bond acceptors (Lipinski definition) is 2. The summed E-state index contributed by atoms with van der Waals surface area (Å²) in [4.78, 5) is 0. The molecule has 1 rings (SSSR count). The van der Waals surface area contributed by atoms with Gasteiger partial charge in [-0.2, -0.15) is 0 Å². The Labute approximate surface area is 87.9 Å². The topological polar surface area (TPSA) is 18.5 Å². The molecular formula is C11H20O2Si. The SMILES string of the molecule is CCC(C1=CC=CC1)[Si](C)(OC)OC. The van der Waals surface area contributed by atoms with Crippen LogP contribution in [-0.4, -0.2) is 22.8 Å². The van der Waals surface area contributed by atoms with Gasteiger partial charge in [-0.05, 0) is 19.4 Å². The van der Waals surface area contributed by atoms with Crippen molar-refractivity contribution in [3.05, 3.63) is 23.8 Å². The van der Waals surface area contributed by atoms with Gasteiger partial charge in [0.15, 0.2) is 0 Å². The van der Waals surface area contributed by atoms with Crippen LogP contribution >= 0.6 is 0 Å². The van der Waals surface area contributed by atoms with Gasteiger partial charge in [-0.15, -0.1) is 0 Å². The summed E-state index contributed by atoms with van der Waals surface area (Å²) in [6, 6.07) is 0. The van der Waals surface area contributed by atoms with Gasteiger partial charge in [0.1, 0.15) is 0 Å². The van der Waals surface area contributed by atoms with Gasteiger partial charge in [0, 0.05) is 19.8 Å². The lowest BCUT2D eigenvalue weighted by Crippen LogP contribution is -2.42.